The molecule has 0 amide bonds. The van der Waals surface area contributed by atoms with Gasteiger partial charge in [-0.25, -0.2) is 0 Å². The van der Waals surface area contributed by atoms with Crippen molar-refractivity contribution in [2.75, 3.05) is 0 Å². The Labute approximate surface area is 124 Å². The molecule has 2 aromatic carbocycles. The fraction of sp³-hybridized carbons (Fsp3) is 0.188. The van der Waals surface area contributed by atoms with Crippen LogP contribution < -0.4 is 9.47 Å². The van der Waals surface area contributed by atoms with E-state index in [0.29, 0.717) is 0 Å². The maximum absolute atomic E-state index is 8.65. The van der Waals surface area contributed by atoms with Gasteiger partial charge in [0.05, 0.1) is 0 Å². The molecule has 3 nitrogen and oxygen atoms in total. The average molecular weight is 330 g/mol. The number of benzene rings is 2. The molecule has 0 saturated heterocycles. The summed E-state index contributed by atoms with van der Waals surface area (Å²) < 4.78 is 11.6. The van der Waals surface area contributed by atoms with Crippen molar-refractivity contribution < 1.29 is 9.47 Å². The summed E-state index contributed by atoms with van der Waals surface area (Å²) in [6.45, 7) is 0. The molecule has 1 aliphatic rings. The van der Waals surface area contributed by atoms with Crippen LogP contribution in [0.2, 0.25) is 5.32 Å². The minimum absolute atomic E-state index is 0.01000. The summed E-state index contributed by atoms with van der Waals surface area (Å²) in [5.41, 5.74) is 1.16. The average Bonchev–Trinajstić information content (AvgIpc) is 2.88. The van der Waals surface area contributed by atoms with Crippen LogP contribution in [0, 0.1) is 10.2 Å². The van der Waals surface area contributed by atoms with E-state index in [2.05, 4.69) is 4.97 Å². The first-order valence-electron chi connectivity index (χ1n) is 6.38. The van der Waals surface area contributed by atoms with Gasteiger partial charge in [0.2, 0.25) is 0 Å². The molecule has 4 heteroatoms. The van der Waals surface area contributed by atoms with Crippen molar-refractivity contribution in [1.82, 2.24) is 0 Å². The third-order valence-electron chi connectivity index (χ3n) is 3.09. The van der Waals surface area contributed by atoms with Gasteiger partial charge in [0.25, 0.3) is 0 Å². The fourth-order valence-corrected chi connectivity index (χ4v) is 3.14. The van der Waals surface area contributed by atoms with Crippen LogP contribution in [-0.4, -0.2) is 21.1 Å². The van der Waals surface area contributed by atoms with Crippen LogP contribution in [-0.2, 0) is 6.42 Å². The zero-order valence-corrected chi connectivity index (χ0v) is 12.5. The van der Waals surface area contributed by atoms with Crippen molar-refractivity contribution in [3.8, 4) is 22.2 Å². The summed E-state index contributed by atoms with van der Waals surface area (Å²) in [6.07, 6.45) is 1.02. The number of nitriles is 1. The van der Waals surface area contributed by atoms with E-state index < -0.39 is 0 Å². The first-order valence-corrected chi connectivity index (χ1v) is 8.45. The van der Waals surface area contributed by atoms with Crippen LogP contribution >= 0.6 is 0 Å². The van der Waals surface area contributed by atoms with E-state index in [4.69, 9.17) is 14.7 Å². The van der Waals surface area contributed by atoms with Crippen molar-refractivity contribution in [2.45, 2.75) is 17.8 Å². The van der Waals surface area contributed by atoms with Crippen molar-refractivity contribution in [3.63, 3.8) is 0 Å². The van der Waals surface area contributed by atoms with Crippen LogP contribution in [0.5, 0.6) is 17.2 Å². The molecule has 1 unspecified atom stereocenters. The Morgan fingerprint density at radius 1 is 1.20 bits per heavy atom. The molecule has 3 rings (SSSR count). The van der Waals surface area contributed by atoms with E-state index >= 15 is 0 Å². The first-order chi connectivity index (χ1) is 9.85. The van der Waals surface area contributed by atoms with E-state index in [-0.39, 0.29) is 21.1 Å². The van der Waals surface area contributed by atoms with E-state index in [1.54, 1.807) is 0 Å². The maximum atomic E-state index is 8.65. The van der Waals surface area contributed by atoms with Gasteiger partial charge in [-0.3, -0.25) is 0 Å². The van der Waals surface area contributed by atoms with Gasteiger partial charge in [0.15, 0.2) is 0 Å². The second kappa shape index (κ2) is 6.00. The first kappa shape index (κ1) is 13.1. The summed E-state index contributed by atoms with van der Waals surface area (Å²) >= 11 is 0.01000. The summed E-state index contributed by atoms with van der Waals surface area (Å²) in [6, 6.07) is 15.6. The second-order valence-electron chi connectivity index (χ2n) is 4.53. The molecule has 2 aromatic rings. The number of para-hydroxylation sites is 1. The fourth-order valence-electron chi connectivity index (χ4n) is 2.21. The molecule has 0 spiro atoms. The number of ether oxygens (including phenoxy) is 2. The van der Waals surface area contributed by atoms with Crippen LogP contribution in [0.4, 0.5) is 0 Å². The topological polar surface area (TPSA) is 42.2 Å². The van der Waals surface area contributed by atoms with Crippen molar-refractivity contribution in [3.05, 3.63) is 54.1 Å². The number of hydrogen-bond acceptors (Lipinski definition) is 3. The van der Waals surface area contributed by atoms with Crippen molar-refractivity contribution in [1.29, 1.82) is 5.26 Å². The number of fused-ring (bicyclic) bond motifs is 1. The van der Waals surface area contributed by atoms with Crippen LogP contribution in [0.15, 0.2) is 48.5 Å². The van der Waals surface area contributed by atoms with E-state index in [0.717, 1.165) is 34.6 Å². The Hall–Kier alpha value is -1.95. The molecule has 0 bridgehead atoms. The molecule has 1 heterocycles. The standard InChI is InChI=1S/C16H13NO2Se/c17-11-20-10-15-9-12-8-14(6-7-16(12)19-15)18-13-4-2-1-3-5-13/h1-8,15H,9-10H2. The molecule has 0 aliphatic carbocycles. The Morgan fingerprint density at radius 2 is 2.05 bits per heavy atom. The molecule has 0 fully saturated rings. The number of rotatable bonds is 4. The third kappa shape index (κ3) is 2.96. The van der Waals surface area contributed by atoms with Gasteiger partial charge in [0.1, 0.15) is 0 Å². The van der Waals surface area contributed by atoms with Gasteiger partial charge in [0, 0.05) is 0 Å². The van der Waals surface area contributed by atoms with Gasteiger partial charge in [-0.15, -0.1) is 0 Å². The normalized spacial score (nSPS) is 16.1. The molecule has 1 aliphatic heterocycles. The predicted molar refractivity (Wildman–Crippen MR) is 77.3 cm³/mol. The Balaban J connectivity index is 1.71. The Bertz CT molecular complexity index is 637. The molecular formula is C16H13NO2Se. The summed E-state index contributed by atoms with van der Waals surface area (Å²) in [5, 5.41) is 9.49. The molecule has 0 N–H and O–H groups in total. The third-order valence-corrected chi connectivity index (χ3v) is 4.49. The minimum atomic E-state index is 0.01000. The number of nitrogens with zero attached hydrogens (tertiary/aromatic N) is 1. The zero-order valence-electron chi connectivity index (χ0n) is 10.8. The number of hydrogen-bond donors (Lipinski definition) is 0. The monoisotopic (exact) mass is 331 g/mol. The van der Waals surface area contributed by atoms with E-state index in [1.807, 2.05) is 48.5 Å². The van der Waals surface area contributed by atoms with Gasteiger partial charge in [-0.2, -0.15) is 0 Å². The van der Waals surface area contributed by atoms with Crippen LogP contribution in [0.25, 0.3) is 0 Å². The molecule has 100 valence electrons. The van der Waals surface area contributed by atoms with Gasteiger partial charge >= 0.3 is 124 Å². The summed E-state index contributed by atoms with van der Waals surface area (Å²) in [7, 11) is 0. The quantitative estimate of drug-likeness (QED) is 0.807. The molecular weight excluding hydrogens is 317 g/mol. The van der Waals surface area contributed by atoms with E-state index in [9.17, 15) is 0 Å². The van der Waals surface area contributed by atoms with Crippen molar-refractivity contribution in [2.24, 2.45) is 0 Å². The predicted octanol–water partition coefficient (Wildman–Crippen LogP) is 3.39. The Morgan fingerprint density at radius 3 is 2.85 bits per heavy atom. The molecule has 20 heavy (non-hydrogen) atoms. The van der Waals surface area contributed by atoms with Gasteiger partial charge < -0.3 is 0 Å². The van der Waals surface area contributed by atoms with Gasteiger partial charge in [-0.1, -0.05) is 0 Å². The Kier molecular flexibility index (Phi) is 3.92. The summed E-state index contributed by atoms with van der Waals surface area (Å²) in [5.74, 6) is 2.57. The molecule has 1 atom stereocenters. The molecule has 0 radical (unpaired) electrons. The van der Waals surface area contributed by atoms with E-state index in [1.165, 1.54) is 0 Å². The second-order valence-corrected chi connectivity index (χ2v) is 6.22. The van der Waals surface area contributed by atoms with Crippen LogP contribution in [0.3, 0.4) is 0 Å². The SMILES string of the molecule is N#C[Se]CC1Cc2cc(Oc3ccccc3)ccc2O1. The summed E-state index contributed by atoms with van der Waals surface area (Å²) in [4.78, 5) is 2.22. The molecule has 0 saturated carbocycles. The molecule has 0 aromatic heterocycles. The zero-order chi connectivity index (χ0) is 13.8. The van der Waals surface area contributed by atoms with Gasteiger partial charge in [-0.05, 0) is 0 Å². The van der Waals surface area contributed by atoms with Crippen LogP contribution in [0.1, 0.15) is 5.56 Å². The van der Waals surface area contributed by atoms with Crippen molar-refractivity contribution >= 4 is 15.0 Å².